The molecular weight excluding hydrogens is 272 g/mol. The van der Waals surface area contributed by atoms with E-state index in [0.29, 0.717) is 16.6 Å². The molecular formula is C15H10N2O4. The summed E-state index contributed by atoms with van der Waals surface area (Å²) in [4.78, 5) is 37.2. The molecule has 0 radical (unpaired) electrons. The van der Waals surface area contributed by atoms with Crippen LogP contribution in [0, 0.1) is 0 Å². The quantitative estimate of drug-likeness (QED) is 0.742. The van der Waals surface area contributed by atoms with Crippen molar-refractivity contribution in [1.82, 2.24) is 9.55 Å². The van der Waals surface area contributed by atoms with Crippen molar-refractivity contribution in [2.45, 2.75) is 0 Å². The summed E-state index contributed by atoms with van der Waals surface area (Å²) in [6.45, 7) is 0. The van der Waals surface area contributed by atoms with Gasteiger partial charge in [0.1, 0.15) is 0 Å². The molecule has 3 aromatic rings. The fourth-order valence-corrected chi connectivity index (χ4v) is 2.22. The van der Waals surface area contributed by atoms with Gasteiger partial charge in [-0.3, -0.25) is 14.3 Å². The molecule has 0 amide bonds. The van der Waals surface area contributed by atoms with Crippen LogP contribution in [-0.4, -0.2) is 20.6 Å². The number of hydrogen-bond donors (Lipinski definition) is 2. The molecule has 0 unspecified atom stereocenters. The van der Waals surface area contributed by atoms with Crippen LogP contribution in [0.5, 0.6) is 0 Å². The molecule has 104 valence electrons. The smallest absolute Gasteiger partial charge is 0.335 e. The zero-order valence-electron chi connectivity index (χ0n) is 10.7. The number of nitrogens with zero attached hydrogens (tertiary/aromatic N) is 1. The Hall–Kier alpha value is -3.15. The van der Waals surface area contributed by atoms with Crippen LogP contribution in [0.4, 0.5) is 0 Å². The molecule has 0 fully saturated rings. The van der Waals surface area contributed by atoms with Crippen LogP contribution in [0.2, 0.25) is 0 Å². The largest absolute Gasteiger partial charge is 0.478 e. The molecule has 0 spiro atoms. The predicted molar refractivity (Wildman–Crippen MR) is 77.1 cm³/mol. The lowest BCUT2D eigenvalue weighted by atomic mass is 10.2. The number of hydrogen-bond acceptors (Lipinski definition) is 3. The Kier molecular flexibility index (Phi) is 2.91. The van der Waals surface area contributed by atoms with Gasteiger partial charge in [0.05, 0.1) is 22.2 Å². The van der Waals surface area contributed by atoms with E-state index < -0.39 is 17.2 Å². The van der Waals surface area contributed by atoms with Gasteiger partial charge in [0.25, 0.3) is 5.56 Å². The Bertz CT molecular complexity index is 969. The van der Waals surface area contributed by atoms with Gasteiger partial charge in [-0.1, -0.05) is 18.2 Å². The first-order valence-electron chi connectivity index (χ1n) is 6.16. The second-order valence-electron chi connectivity index (χ2n) is 4.47. The lowest BCUT2D eigenvalue weighted by Gasteiger charge is -2.09. The molecule has 3 rings (SSSR count). The van der Waals surface area contributed by atoms with Gasteiger partial charge in [-0.25, -0.2) is 9.59 Å². The summed E-state index contributed by atoms with van der Waals surface area (Å²) >= 11 is 0. The molecule has 21 heavy (non-hydrogen) atoms. The normalized spacial score (nSPS) is 10.7. The predicted octanol–water partition coefficient (Wildman–Crippen LogP) is 1.38. The van der Waals surface area contributed by atoms with E-state index in [1.807, 2.05) is 0 Å². The van der Waals surface area contributed by atoms with E-state index in [1.54, 1.807) is 36.4 Å². The van der Waals surface area contributed by atoms with E-state index in [1.165, 1.54) is 16.7 Å². The third kappa shape index (κ3) is 2.12. The number of aromatic nitrogens is 2. The summed E-state index contributed by atoms with van der Waals surface area (Å²) in [6, 6.07) is 12.6. The van der Waals surface area contributed by atoms with Crippen LogP contribution in [0.1, 0.15) is 10.4 Å². The highest BCUT2D eigenvalue weighted by molar-refractivity contribution is 5.88. The summed E-state index contributed by atoms with van der Waals surface area (Å²) < 4.78 is 1.28. The molecule has 0 atom stereocenters. The number of nitrogens with one attached hydrogen (secondary N) is 1. The van der Waals surface area contributed by atoms with Crippen LogP contribution in [0.3, 0.4) is 0 Å². The van der Waals surface area contributed by atoms with Gasteiger partial charge >= 0.3 is 11.7 Å². The van der Waals surface area contributed by atoms with E-state index in [-0.39, 0.29) is 5.56 Å². The summed E-state index contributed by atoms with van der Waals surface area (Å²) in [6.07, 6.45) is 0. The Morgan fingerprint density at radius 2 is 1.81 bits per heavy atom. The average molecular weight is 282 g/mol. The standard InChI is InChI=1S/C15H10N2O4/c18-13-11-6-1-2-7-12(11)17(15(21)16-13)10-5-3-4-9(8-10)14(19)20/h1-8H,(H,19,20)(H,16,18,21). The fourth-order valence-electron chi connectivity index (χ4n) is 2.22. The van der Waals surface area contributed by atoms with E-state index >= 15 is 0 Å². The first-order valence-corrected chi connectivity index (χ1v) is 6.16. The monoisotopic (exact) mass is 282 g/mol. The average Bonchev–Trinajstić information content (AvgIpc) is 2.47. The van der Waals surface area contributed by atoms with Gasteiger partial charge < -0.3 is 5.11 Å². The van der Waals surface area contributed by atoms with Crippen molar-refractivity contribution in [3.05, 3.63) is 74.9 Å². The number of para-hydroxylation sites is 1. The highest BCUT2D eigenvalue weighted by atomic mass is 16.4. The van der Waals surface area contributed by atoms with Gasteiger partial charge in [0, 0.05) is 0 Å². The number of carboxylic acids is 1. The van der Waals surface area contributed by atoms with Crippen LogP contribution >= 0.6 is 0 Å². The van der Waals surface area contributed by atoms with E-state index in [4.69, 9.17) is 5.11 Å². The molecule has 6 nitrogen and oxygen atoms in total. The molecule has 0 aliphatic rings. The first-order chi connectivity index (χ1) is 10.1. The number of carbonyl (C=O) groups is 1. The van der Waals surface area contributed by atoms with Gasteiger partial charge in [-0.05, 0) is 30.3 Å². The molecule has 0 bridgehead atoms. The zero-order chi connectivity index (χ0) is 15.0. The topological polar surface area (TPSA) is 92.2 Å². The van der Waals surface area contributed by atoms with E-state index in [9.17, 15) is 14.4 Å². The Morgan fingerprint density at radius 1 is 1.05 bits per heavy atom. The van der Waals surface area contributed by atoms with Crippen molar-refractivity contribution in [3.8, 4) is 5.69 Å². The molecule has 1 aromatic heterocycles. The lowest BCUT2D eigenvalue weighted by Crippen LogP contribution is -2.29. The number of carboxylic acid groups (broad SMARTS) is 1. The van der Waals surface area contributed by atoms with Crippen LogP contribution in [-0.2, 0) is 0 Å². The molecule has 0 aliphatic carbocycles. The van der Waals surface area contributed by atoms with Crippen molar-refractivity contribution < 1.29 is 9.90 Å². The molecule has 2 aromatic carbocycles. The highest BCUT2D eigenvalue weighted by Gasteiger charge is 2.10. The van der Waals surface area contributed by atoms with Gasteiger partial charge in [-0.2, -0.15) is 0 Å². The van der Waals surface area contributed by atoms with Crippen molar-refractivity contribution in [3.63, 3.8) is 0 Å². The van der Waals surface area contributed by atoms with Crippen molar-refractivity contribution in [2.24, 2.45) is 0 Å². The van der Waals surface area contributed by atoms with Crippen LogP contribution in [0.25, 0.3) is 16.6 Å². The fraction of sp³-hybridized carbons (Fsp3) is 0. The number of aromatic amines is 1. The van der Waals surface area contributed by atoms with Gasteiger partial charge in [-0.15, -0.1) is 0 Å². The molecule has 1 heterocycles. The number of aromatic carboxylic acids is 1. The van der Waals surface area contributed by atoms with Gasteiger partial charge in [0.2, 0.25) is 0 Å². The van der Waals surface area contributed by atoms with Crippen LogP contribution in [0.15, 0.2) is 58.1 Å². The number of H-pyrrole nitrogens is 1. The Morgan fingerprint density at radius 3 is 2.57 bits per heavy atom. The number of benzene rings is 2. The lowest BCUT2D eigenvalue weighted by molar-refractivity contribution is 0.0697. The minimum absolute atomic E-state index is 0.0645. The number of rotatable bonds is 2. The van der Waals surface area contributed by atoms with Crippen molar-refractivity contribution in [2.75, 3.05) is 0 Å². The van der Waals surface area contributed by atoms with Crippen LogP contribution < -0.4 is 11.2 Å². The molecule has 0 saturated carbocycles. The molecule has 0 aliphatic heterocycles. The molecule has 0 saturated heterocycles. The summed E-state index contributed by atoms with van der Waals surface area (Å²) in [5.74, 6) is -1.08. The van der Waals surface area contributed by atoms with Crippen molar-refractivity contribution >= 4 is 16.9 Å². The van der Waals surface area contributed by atoms with E-state index in [0.717, 1.165) is 0 Å². The van der Waals surface area contributed by atoms with Gasteiger partial charge in [0.15, 0.2) is 0 Å². The highest BCUT2D eigenvalue weighted by Crippen LogP contribution is 2.14. The maximum absolute atomic E-state index is 12.1. The second kappa shape index (κ2) is 4.75. The summed E-state index contributed by atoms with van der Waals surface area (Å²) in [5.41, 5.74) is -0.210. The minimum Gasteiger partial charge on any atom is -0.478 e. The third-order valence-corrected chi connectivity index (χ3v) is 3.16. The summed E-state index contributed by atoms with van der Waals surface area (Å²) in [7, 11) is 0. The Balaban J connectivity index is 2.40. The third-order valence-electron chi connectivity index (χ3n) is 3.16. The van der Waals surface area contributed by atoms with E-state index in [2.05, 4.69) is 4.98 Å². The molecule has 2 N–H and O–H groups in total. The second-order valence-corrected chi connectivity index (χ2v) is 4.47. The van der Waals surface area contributed by atoms with Crippen molar-refractivity contribution in [1.29, 1.82) is 0 Å². The molecule has 6 heteroatoms. The number of fused-ring (bicyclic) bond motifs is 1. The zero-order valence-corrected chi connectivity index (χ0v) is 10.7. The Labute approximate surface area is 117 Å². The SMILES string of the molecule is O=C(O)c1cccc(-n2c(=O)[nH]c(=O)c3ccccc32)c1. The minimum atomic E-state index is -1.08. The maximum Gasteiger partial charge on any atom is 0.335 e. The first kappa shape index (κ1) is 12.9. The summed E-state index contributed by atoms with van der Waals surface area (Å²) in [5, 5.41) is 9.40. The maximum atomic E-state index is 12.1.